The fourth-order valence-corrected chi connectivity index (χ4v) is 4.99. The first-order valence-electron chi connectivity index (χ1n) is 11.3. The monoisotopic (exact) mass is 447 g/mol. The lowest BCUT2D eigenvalue weighted by molar-refractivity contribution is 0.0676. The smallest absolute Gasteiger partial charge is 0.253 e. The summed E-state index contributed by atoms with van der Waals surface area (Å²) in [7, 11) is 3.27. The molecule has 1 aromatic heterocycles. The molecule has 1 fully saturated rings. The van der Waals surface area contributed by atoms with Gasteiger partial charge in [0.15, 0.2) is 11.5 Å². The normalized spacial score (nSPS) is 15.9. The highest BCUT2D eigenvalue weighted by atomic mass is 16.5. The van der Waals surface area contributed by atoms with Crippen LogP contribution in [0.3, 0.4) is 0 Å². The number of hydrogen-bond donors (Lipinski definition) is 1. The van der Waals surface area contributed by atoms with Crippen LogP contribution >= 0.6 is 0 Å². The molecule has 0 saturated carbocycles. The van der Waals surface area contributed by atoms with Crippen molar-refractivity contribution >= 4 is 11.6 Å². The maximum absolute atomic E-state index is 13.3. The SMILES string of the molecule is CCOc1ccc(C(=O)N2CCC3(CC2)Nc2cc(OC)ccc2-n2cccc23)cc1OC. The molecule has 7 heteroatoms. The van der Waals surface area contributed by atoms with E-state index in [-0.39, 0.29) is 11.4 Å². The molecular weight excluding hydrogens is 418 g/mol. The zero-order chi connectivity index (χ0) is 23.0. The van der Waals surface area contributed by atoms with Gasteiger partial charge in [-0.05, 0) is 62.2 Å². The Hall–Kier alpha value is -3.61. The maximum atomic E-state index is 13.3. The Morgan fingerprint density at radius 1 is 1.03 bits per heavy atom. The first-order chi connectivity index (χ1) is 16.1. The number of rotatable bonds is 5. The molecule has 1 spiro atoms. The number of anilines is 1. The van der Waals surface area contributed by atoms with Crippen LogP contribution in [0.5, 0.6) is 17.2 Å². The van der Waals surface area contributed by atoms with Crippen molar-refractivity contribution in [2.24, 2.45) is 0 Å². The minimum Gasteiger partial charge on any atom is -0.497 e. The van der Waals surface area contributed by atoms with Gasteiger partial charge in [-0.15, -0.1) is 0 Å². The summed E-state index contributed by atoms with van der Waals surface area (Å²) in [6.07, 6.45) is 3.73. The van der Waals surface area contributed by atoms with Gasteiger partial charge in [0.25, 0.3) is 5.91 Å². The number of carbonyl (C=O) groups is 1. The molecule has 3 heterocycles. The van der Waals surface area contributed by atoms with Gasteiger partial charge in [-0.1, -0.05) is 0 Å². The summed E-state index contributed by atoms with van der Waals surface area (Å²) in [5.74, 6) is 2.06. The van der Waals surface area contributed by atoms with Crippen molar-refractivity contribution in [3.05, 3.63) is 66.0 Å². The Morgan fingerprint density at radius 2 is 1.85 bits per heavy atom. The molecule has 7 nitrogen and oxygen atoms in total. The predicted molar refractivity (Wildman–Crippen MR) is 127 cm³/mol. The molecule has 172 valence electrons. The molecule has 2 aromatic carbocycles. The van der Waals surface area contributed by atoms with Gasteiger partial charge in [-0.3, -0.25) is 4.79 Å². The lowest BCUT2D eigenvalue weighted by atomic mass is 9.82. The van der Waals surface area contributed by atoms with Gasteiger partial charge in [-0.2, -0.15) is 0 Å². The molecule has 2 aliphatic rings. The number of benzene rings is 2. The van der Waals surface area contributed by atoms with Crippen molar-refractivity contribution in [1.82, 2.24) is 9.47 Å². The Labute approximate surface area is 193 Å². The number of hydrogen-bond acceptors (Lipinski definition) is 5. The lowest BCUT2D eigenvalue weighted by Crippen LogP contribution is -2.51. The maximum Gasteiger partial charge on any atom is 0.253 e. The molecule has 0 bridgehead atoms. The summed E-state index contributed by atoms with van der Waals surface area (Å²) in [6, 6.07) is 15.8. The topological polar surface area (TPSA) is 65.0 Å². The third kappa shape index (κ3) is 3.57. The highest BCUT2D eigenvalue weighted by molar-refractivity contribution is 5.95. The average Bonchev–Trinajstić information content (AvgIpc) is 3.36. The van der Waals surface area contributed by atoms with Gasteiger partial charge in [-0.25, -0.2) is 0 Å². The van der Waals surface area contributed by atoms with Crippen LogP contribution in [0.2, 0.25) is 0 Å². The molecule has 3 aromatic rings. The van der Waals surface area contributed by atoms with Crippen molar-refractivity contribution in [2.75, 3.05) is 39.2 Å². The van der Waals surface area contributed by atoms with E-state index in [2.05, 4.69) is 34.3 Å². The van der Waals surface area contributed by atoms with E-state index in [1.54, 1.807) is 26.4 Å². The number of likely N-dealkylation sites (tertiary alicyclic amines) is 1. The zero-order valence-corrected chi connectivity index (χ0v) is 19.3. The fraction of sp³-hybridized carbons (Fsp3) is 0.346. The van der Waals surface area contributed by atoms with Crippen LogP contribution in [-0.2, 0) is 5.54 Å². The molecule has 0 aliphatic carbocycles. The molecular formula is C26H29N3O4. The molecule has 5 rings (SSSR count). The molecule has 33 heavy (non-hydrogen) atoms. The standard InChI is InChI=1S/C26H29N3O4/c1-4-33-22-10-7-18(16-23(22)32-3)25(30)28-14-11-26(12-15-28)24-6-5-13-29(24)21-9-8-19(31-2)17-20(21)27-26/h5-10,13,16-17,27H,4,11-12,14-15H2,1-3H3. The highest BCUT2D eigenvalue weighted by Gasteiger charge is 2.42. The van der Waals surface area contributed by atoms with Crippen LogP contribution in [-0.4, -0.2) is 49.3 Å². The number of carbonyl (C=O) groups excluding carboxylic acids is 1. The van der Waals surface area contributed by atoms with Crippen molar-refractivity contribution in [3.63, 3.8) is 0 Å². The first kappa shape index (κ1) is 21.2. The van der Waals surface area contributed by atoms with Gasteiger partial charge in [0.05, 0.1) is 37.7 Å². The largest absolute Gasteiger partial charge is 0.497 e. The van der Waals surface area contributed by atoms with E-state index in [4.69, 9.17) is 14.2 Å². The van der Waals surface area contributed by atoms with Crippen LogP contribution in [0.1, 0.15) is 35.8 Å². The molecule has 0 radical (unpaired) electrons. The first-order valence-corrected chi connectivity index (χ1v) is 11.3. The van der Waals surface area contributed by atoms with Gasteiger partial charge in [0.1, 0.15) is 5.75 Å². The van der Waals surface area contributed by atoms with Crippen LogP contribution in [0.4, 0.5) is 5.69 Å². The van der Waals surface area contributed by atoms with Crippen LogP contribution in [0.25, 0.3) is 5.69 Å². The minimum absolute atomic E-state index is 0.0134. The molecule has 2 aliphatic heterocycles. The van der Waals surface area contributed by atoms with Crippen LogP contribution < -0.4 is 19.5 Å². The van der Waals surface area contributed by atoms with Crippen molar-refractivity contribution in [3.8, 4) is 22.9 Å². The molecule has 1 amide bonds. The predicted octanol–water partition coefficient (Wildman–Crippen LogP) is 4.45. The Morgan fingerprint density at radius 3 is 2.58 bits per heavy atom. The summed E-state index contributed by atoms with van der Waals surface area (Å²) < 4.78 is 18.7. The Kier molecular flexibility index (Phi) is 5.40. The molecule has 1 saturated heterocycles. The number of methoxy groups -OCH3 is 2. The summed E-state index contributed by atoms with van der Waals surface area (Å²) in [5.41, 5.74) is 3.78. The summed E-state index contributed by atoms with van der Waals surface area (Å²) in [6.45, 7) is 3.78. The van der Waals surface area contributed by atoms with Gasteiger partial charge in [0.2, 0.25) is 0 Å². The van der Waals surface area contributed by atoms with E-state index in [0.717, 1.165) is 30.0 Å². The molecule has 0 unspecified atom stereocenters. The number of nitrogens with one attached hydrogen (secondary N) is 1. The van der Waals surface area contributed by atoms with Gasteiger partial charge in [0, 0.05) is 36.6 Å². The molecule has 0 atom stereocenters. The van der Waals surface area contributed by atoms with Crippen molar-refractivity contribution < 1.29 is 19.0 Å². The number of aromatic nitrogens is 1. The van der Waals surface area contributed by atoms with Crippen LogP contribution in [0.15, 0.2) is 54.7 Å². The summed E-state index contributed by atoms with van der Waals surface area (Å²) in [5, 5.41) is 3.79. The van der Waals surface area contributed by atoms with E-state index in [0.29, 0.717) is 36.8 Å². The number of fused-ring (bicyclic) bond motifs is 4. The third-order valence-corrected chi connectivity index (χ3v) is 6.69. The van der Waals surface area contributed by atoms with E-state index < -0.39 is 0 Å². The van der Waals surface area contributed by atoms with Crippen LogP contribution in [0, 0.1) is 0 Å². The van der Waals surface area contributed by atoms with E-state index in [9.17, 15) is 4.79 Å². The number of ether oxygens (including phenoxy) is 3. The van der Waals surface area contributed by atoms with Crippen molar-refractivity contribution in [1.29, 1.82) is 0 Å². The lowest BCUT2D eigenvalue weighted by Gasteiger charge is -2.46. The minimum atomic E-state index is -0.226. The third-order valence-electron chi connectivity index (χ3n) is 6.69. The van der Waals surface area contributed by atoms with Gasteiger partial charge >= 0.3 is 0 Å². The quantitative estimate of drug-likeness (QED) is 0.626. The van der Waals surface area contributed by atoms with Crippen molar-refractivity contribution in [2.45, 2.75) is 25.3 Å². The Bertz CT molecular complexity index is 1180. The summed E-state index contributed by atoms with van der Waals surface area (Å²) >= 11 is 0. The molecule has 1 N–H and O–H groups in total. The van der Waals surface area contributed by atoms with E-state index >= 15 is 0 Å². The van der Waals surface area contributed by atoms with E-state index in [1.165, 1.54) is 5.69 Å². The summed E-state index contributed by atoms with van der Waals surface area (Å²) in [4.78, 5) is 15.2. The second-order valence-electron chi connectivity index (χ2n) is 8.44. The second kappa shape index (κ2) is 8.39. The fourth-order valence-electron chi connectivity index (χ4n) is 4.99. The highest BCUT2D eigenvalue weighted by Crippen LogP contribution is 2.44. The van der Waals surface area contributed by atoms with Gasteiger partial charge < -0.3 is 29.0 Å². The average molecular weight is 448 g/mol. The number of piperidine rings is 1. The Balaban J connectivity index is 1.37. The van der Waals surface area contributed by atoms with E-state index in [1.807, 2.05) is 30.0 Å². The number of nitrogens with zero attached hydrogens (tertiary/aromatic N) is 2. The number of amides is 1. The zero-order valence-electron chi connectivity index (χ0n) is 19.3. The second-order valence-corrected chi connectivity index (χ2v) is 8.44.